The van der Waals surface area contributed by atoms with E-state index in [1.165, 1.54) is 19.3 Å². The number of hydrogen-bond acceptors (Lipinski definition) is 3. The predicted octanol–water partition coefficient (Wildman–Crippen LogP) is 5.12. The highest BCUT2D eigenvalue weighted by Gasteiger charge is 2.19. The highest BCUT2D eigenvalue weighted by Crippen LogP contribution is 2.36. The molecule has 0 unspecified atom stereocenters. The monoisotopic (exact) mass is 351 g/mol. The minimum Gasteiger partial charge on any atom is -0.383 e. The fraction of sp³-hybridized carbons (Fsp3) is 0.286. The largest absolute Gasteiger partial charge is 0.383 e. The summed E-state index contributed by atoms with van der Waals surface area (Å²) < 4.78 is 0. The van der Waals surface area contributed by atoms with Gasteiger partial charge in [-0.15, -0.1) is 0 Å². The van der Waals surface area contributed by atoms with E-state index in [4.69, 9.17) is 17.3 Å². The number of aromatic nitrogens is 1. The molecule has 3 aromatic rings. The number of nitrogen functional groups attached to an aromatic ring is 1. The first-order valence-corrected chi connectivity index (χ1v) is 9.25. The fourth-order valence-corrected chi connectivity index (χ4v) is 3.90. The molecule has 0 spiro atoms. The number of nitrogens with zero attached hydrogens (tertiary/aromatic N) is 2. The maximum Gasteiger partial charge on any atom is 0.129 e. The average molecular weight is 352 g/mol. The molecule has 2 aromatic carbocycles. The van der Waals surface area contributed by atoms with Gasteiger partial charge in [-0.2, -0.15) is 0 Å². The summed E-state index contributed by atoms with van der Waals surface area (Å²) >= 11 is 6.29. The van der Waals surface area contributed by atoms with Crippen LogP contribution in [0.1, 0.15) is 24.8 Å². The summed E-state index contributed by atoms with van der Waals surface area (Å²) in [7, 11) is 0. The molecule has 0 amide bonds. The van der Waals surface area contributed by atoms with E-state index < -0.39 is 0 Å². The SMILES string of the molecule is Nc1nc2ccc(Cl)cc2c(-c2ccccc2)c1CN1CCCCC1. The summed E-state index contributed by atoms with van der Waals surface area (Å²) in [4.78, 5) is 7.15. The Kier molecular flexibility index (Phi) is 4.60. The molecule has 0 atom stereocenters. The van der Waals surface area contributed by atoms with Gasteiger partial charge in [0, 0.05) is 22.5 Å². The normalized spacial score (nSPS) is 15.6. The topological polar surface area (TPSA) is 42.1 Å². The van der Waals surface area contributed by atoms with E-state index in [-0.39, 0.29) is 0 Å². The molecule has 1 aliphatic heterocycles. The molecule has 0 aliphatic carbocycles. The van der Waals surface area contributed by atoms with Crippen molar-refractivity contribution in [2.75, 3.05) is 18.8 Å². The van der Waals surface area contributed by atoms with Crippen molar-refractivity contribution in [3.63, 3.8) is 0 Å². The van der Waals surface area contributed by atoms with E-state index in [0.29, 0.717) is 5.82 Å². The Morgan fingerprint density at radius 3 is 2.52 bits per heavy atom. The van der Waals surface area contributed by atoms with Crippen molar-refractivity contribution in [3.8, 4) is 11.1 Å². The second-order valence-electron chi connectivity index (χ2n) is 6.71. The molecule has 4 rings (SSSR count). The molecule has 1 aliphatic rings. The lowest BCUT2D eigenvalue weighted by Gasteiger charge is -2.28. The van der Waals surface area contributed by atoms with Gasteiger partial charge in [-0.25, -0.2) is 4.98 Å². The lowest BCUT2D eigenvalue weighted by molar-refractivity contribution is 0.221. The van der Waals surface area contributed by atoms with Crippen LogP contribution in [0.3, 0.4) is 0 Å². The zero-order valence-electron chi connectivity index (χ0n) is 14.2. The third kappa shape index (κ3) is 3.35. The second kappa shape index (κ2) is 7.03. The molecule has 1 fully saturated rings. The smallest absolute Gasteiger partial charge is 0.129 e. The van der Waals surface area contributed by atoms with Gasteiger partial charge in [-0.1, -0.05) is 48.4 Å². The molecule has 4 heteroatoms. The Morgan fingerprint density at radius 2 is 1.76 bits per heavy atom. The number of anilines is 1. The van der Waals surface area contributed by atoms with Crippen molar-refractivity contribution in [2.45, 2.75) is 25.8 Å². The second-order valence-corrected chi connectivity index (χ2v) is 7.15. The summed E-state index contributed by atoms with van der Waals surface area (Å²) in [5.41, 5.74) is 10.7. The number of nitrogens with two attached hydrogens (primary N) is 1. The number of likely N-dealkylation sites (tertiary alicyclic amines) is 1. The van der Waals surface area contributed by atoms with Crippen molar-refractivity contribution in [2.24, 2.45) is 0 Å². The quantitative estimate of drug-likeness (QED) is 0.711. The lowest BCUT2D eigenvalue weighted by Crippen LogP contribution is -2.29. The Hall–Kier alpha value is -2.10. The van der Waals surface area contributed by atoms with Gasteiger partial charge in [0.15, 0.2) is 0 Å². The lowest BCUT2D eigenvalue weighted by atomic mass is 9.95. The summed E-state index contributed by atoms with van der Waals surface area (Å²) in [6.45, 7) is 3.09. The van der Waals surface area contributed by atoms with Crippen LogP contribution in [0.25, 0.3) is 22.0 Å². The summed E-state index contributed by atoms with van der Waals surface area (Å²) in [6, 6.07) is 16.3. The molecule has 0 bridgehead atoms. The Morgan fingerprint density at radius 1 is 1.00 bits per heavy atom. The molecule has 0 saturated carbocycles. The number of halogens is 1. The van der Waals surface area contributed by atoms with Gasteiger partial charge in [0.1, 0.15) is 5.82 Å². The summed E-state index contributed by atoms with van der Waals surface area (Å²) in [5, 5.41) is 1.79. The number of pyridine rings is 1. The van der Waals surface area contributed by atoms with Crippen LogP contribution in [0, 0.1) is 0 Å². The Balaban J connectivity index is 1.91. The first-order chi connectivity index (χ1) is 12.2. The van der Waals surface area contributed by atoms with Gasteiger partial charge < -0.3 is 5.73 Å². The zero-order chi connectivity index (χ0) is 17.2. The maximum atomic E-state index is 6.41. The molecule has 1 saturated heterocycles. The molecule has 1 aromatic heterocycles. The van der Waals surface area contributed by atoms with Crippen LogP contribution in [0.5, 0.6) is 0 Å². The van der Waals surface area contributed by atoms with Crippen molar-refractivity contribution < 1.29 is 0 Å². The van der Waals surface area contributed by atoms with E-state index in [2.05, 4.69) is 34.1 Å². The van der Waals surface area contributed by atoms with E-state index in [0.717, 1.165) is 52.3 Å². The molecule has 2 heterocycles. The number of rotatable bonds is 3. The first-order valence-electron chi connectivity index (χ1n) is 8.88. The summed E-state index contributed by atoms with van der Waals surface area (Å²) in [5.74, 6) is 0.624. The van der Waals surface area contributed by atoms with Crippen LogP contribution in [0.15, 0.2) is 48.5 Å². The standard InChI is InChI=1S/C21H22ClN3/c22-16-9-10-19-17(13-16)20(15-7-3-1-4-8-15)18(21(23)24-19)14-25-11-5-2-6-12-25/h1,3-4,7-10,13H,2,5-6,11-12,14H2,(H2,23,24). The maximum absolute atomic E-state index is 6.41. The van der Waals surface area contributed by atoms with Crippen LogP contribution in [0.2, 0.25) is 5.02 Å². The fourth-order valence-electron chi connectivity index (χ4n) is 3.73. The highest BCUT2D eigenvalue weighted by molar-refractivity contribution is 6.31. The van der Waals surface area contributed by atoms with Crippen molar-refractivity contribution >= 4 is 28.3 Å². The van der Waals surface area contributed by atoms with Gasteiger partial charge in [0.05, 0.1) is 5.52 Å². The molecular formula is C21H22ClN3. The van der Waals surface area contributed by atoms with Gasteiger partial charge in [-0.05, 0) is 55.3 Å². The zero-order valence-corrected chi connectivity index (χ0v) is 15.0. The highest BCUT2D eigenvalue weighted by atomic mass is 35.5. The van der Waals surface area contributed by atoms with Gasteiger partial charge in [0.25, 0.3) is 0 Å². The van der Waals surface area contributed by atoms with Crippen LogP contribution in [-0.2, 0) is 6.54 Å². The minimum atomic E-state index is 0.624. The number of fused-ring (bicyclic) bond motifs is 1. The molecule has 2 N–H and O–H groups in total. The van der Waals surface area contributed by atoms with Crippen LogP contribution in [0.4, 0.5) is 5.82 Å². The third-order valence-electron chi connectivity index (χ3n) is 4.97. The molecule has 3 nitrogen and oxygen atoms in total. The van der Waals surface area contributed by atoms with Crippen LogP contribution < -0.4 is 5.73 Å². The van der Waals surface area contributed by atoms with Crippen molar-refractivity contribution in [3.05, 3.63) is 59.1 Å². The summed E-state index contributed by atoms with van der Waals surface area (Å²) in [6.07, 6.45) is 3.84. The molecular weight excluding hydrogens is 330 g/mol. The van der Waals surface area contributed by atoms with E-state index in [1.54, 1.807) is 0 Å². The van der Waals surface area contributed by atoms with Gasteiger partial charge in [-0.3, -0.25) is 4.90 Å². The number of piperidine rings is 1. The average Bonchev–Trinajstić information content (AvgIpc) is 2.64. The minimum absolute atomic E-state index is 0.624. The van der Waals surface area contributed by atoms with E-state index >= 15 is 0 Å². The van der Waals surface area contributed by atoms with Gasteiger partial charge in [0.2, 0.25) is 0 Å². The molecule has 128 valence electrons. The molecule has 0 radical (unpaired) electrons. The Bertz CT molecular complexity index is 887. The van der Waals surface area contributed by atoms with Crippen LogP contribution in [-0.4, -0.2) is 23.0 Å². The number of hydrogen-bond donors (Lipinski definition) is 1. The first kappa shape index (κ1) is 16.4. The Labute approximate surface area is 153 Å². The van der Waals surface area contributed by atoms with Crippen LogP contribution >= 0.6 is 11.6 Å². The third-order valence-corrected chi connectivity index (χ3v) is 5.21. The van der Waals surface area contributed by atoms with E-state index in [9.17, 15) is 0 Å². The number of benzene rings is 2. The molecule has 25 heavy (non-hydrogen) atoms. The van der Waals surface area contributed by atoms with Crippen molar-refractivity contribution in [1.29, 1.82) is 0 Å². The van der Waals surface area contributed by atoms with Gasteiger partial charge >= 0.3 is 0 Å². The predicted molar refractivity (Wildman–Crippen MR) is 106 cm³/mol. The van der Waals surface area contributed by atoms with Crippen molar-refractivity contribution in [1.82, 2.24) is 9.88 Å². The van der Waals surface area contributed by atoms with E-state index in [1.807, 2.05) is 24.3 Å².